The fourth-order valence-corrected chi connectivity index (χ4v) is 2.02. The third kappa shape index (κ3) is 3.23. The minimum absolute atomic E-state index is 0.168. The summed E-state index contributed by atoms with van der Waals surface area (Å²) in [6.45, 7) is 9.97. The quantitative estimate of drug-likeness (QED) is 0.743. The zero-order chi connectivity index (χ0) is 10.7. The third-order valence-corrected chi connectivity index (χ3v) is 2.72. The van der Waals surface area contributed by atoms with Crippen molar-refractivity contribution in [1.82, 2.24) is 4.90 Å². The molecule has 0 aromatic carbocycles. The van der Waals surface area contributed by atoms with Gasteiger partial charge in [-0.15, -0.1) is 0 Å². The summed E-state index contributed by atoms with van der Waals surface area (Å²) in [5.74, 6) is 0. The topological polar surface area (TPSA) is 32.7 Å². The molecule has 14 heavy (non-hydrogen) atoms. The van der Waals surface area contributed by atoms with Gasteiger partial charge in [-0.05, 0) is 34.1 Å². The number of hydrogen-bond acceptors (Lipinski definition) is 3. The maximum absolute atomic E-state index is 9.59. The van der Waals surface area contributed by atoms with Gasteiger partial charge in [0.15, 0.2) is 0 Å². The van der Waals surface area contributed by atoms with Gasteiger partial charge in [0, 0.05) is 18.6 Å². The highest BCUT2D eigenvalue weighted by Crippen LogP contribution is 2.20. The van der Waals surface area contributed by atoms with E-state index < -0.39 is 0 Å². The van der Waals surface area contributed by atoms with Crippen molar-refractivity contribution in [3.05, 3.63) is 0 Å². The largest absolute Gasteiger partial charge is 0.392 e. The van der Waals surface area contributed by atoms with Gasteiger partial charge in [-0.3, -0.25) is 4.90 Å². The summed E-state index contributed by atoms with van der Waals surface area (Å²) < 4.78 is 5.60. The van der Waals surface area contributed by atoms with Crippen LogP contribution in [0, 0.1) is 0 Å². The van der Waals surface area contributed by atoms with Crippen LogP contribution in [0.4, 0.5) is 0 Å². The number of hydrogen-bond donors (Lipinski definition) is 1. The Balaban J connectivity index is 2.41. The normalized spacial score (nSPS) is 29.4. The molecule has 1 saturated heterocycles. The van der Waals surface area contributed by atoms with Gasteiger partial charge >= 0.3 is 0 Å². The smallest absolute Gasteiger partial charge is 0.0683 e. The Morgan fingerprint density at radius 1 is 1.36 bits per heavy atom. The highest BCUT2D eigenvalue weighted by atomic mass is 16.5. The maximum atomic E-state index is 9.59. The van der Waals surface area contributed by atoms with E-state index in [1.807, 2.05) is 13.8 Å². The Morgan fingerprint density at radius 2 is 2.00 bits per heavy atom. The fourth-order valence-electron chi connectivity index (χ4n) is 2.02. The lowest BCUT2D eigenvalue weighted by Crippen LogP contribution is -2.39. The maximum Gasteiger partial charge on any atom is 0.0683 e. The molecule has 84 valence electrons. The summed E-state index contributed by atoms with van der Waals surface area (Å²) in [6, 6.07) is 0.889. The van der Waals surface area contributed by atoms with E-state index in [9.17, 15) is 5.11 Å². The monoisotopic (exact) mass is 201 g/mol. The van der Waals surface area contributed by atoms with Crippen LogP contribution < -0.4 is 0 Å². The van der Waals surface area contributed by atoms with Crippen molar-refractivity contribution >= 4 is 0 Å². The van der Waals surface area contributed by atoms with Crippen LogP contribution in [0.25, 0.3) is 0 Å². The molecular weight excluding hydrogens is 178 g/mol. The Kier molecular flexibility index (Phi) is 4.35. The molecule has 2 atom stereocenters. The molecule has 1 fully saturated rings. The molecule has 0 bridgehead atoms. The third-order valence-electron chi connectivity index (χ3n) is 2.72. The first kappa shape index (κ1) is 12.0. The van der Waals surface area contributed by atoms with Crippen molar-refractivity contribution in [1.29, 1.82) is 0 Å². The lowest BCUT2D eigenvalue weighted by molar-refractivity contribution is 0.0299. The summed E-state index contributed by atoms with van der Waals surface area (Å²) in [5, 5.41) is 9.59. The molecule has 1 aliphatic heterocycles. The van der Waals surface area contributed by atoms with Crippen molar-refractivity contribution in [3.8, 4) is 0 Å². The summed E-state index contributed by atoms with van der Waals surface area (Å²) in [4.78, 5) is 2.33. The molecular formula is C11H23NO2. The van der Waals surface area contributed by atoms with Crippen molar-refractivity contribution in [3.63, 3.8) is 0 Å². The Bertz CT molecular complexity index is 171. The van der Waals surface area contributed by atoms with Crippen LogP contribution in [0.3, 0.4) is 0 Å². The molecule has 3 nitrogen and oxygen atoms in total. The minimum atomic E-state index is -0.168. The van der Waals surface area contributed by atoms with Gasteiger partial charge in [0.25, 0.3) is 0 Å². The molecule has 0 spiro atoms. The molecule has 0 aromatic heterocycles. The number of ether oxygens (including phenoxy) is 1. The van der Waals surface area contributed by atoms with Crippen LogP contribution >= 0.6 is 0 Å². The van der Waals surface area contributed by atoms with Crippen LogP contribution in [0.1, 0.15) is 34.1 Å². The highest BCUT2D eigenvalue weighted by molar-refractivity contribution is 4.86. The molecule has 0 unspecified atom stereocenters. The summed E-state index contributed by atoms with van der Waals surface area (Å²) in [6.07, 6.45) is 0.963. The second-order valence-corrected chi connectivity index (χ2v) is 4.72. The highest BCUT2D eigenvalue weighted by Gasteiger charge is 2.32. The molecule has 1 N–H and O–H groups in total. The number of nitrogens with zero attached hydrogens (tertiary/aromatic N) is 1. The molecule has 3 heteroatoms. The van der Waals surface area contributed by atoms with Gasteiger partial charge < -0.3 is 9.84 Å². The molecule has 1 heterocycles. The average molecular weight is 201 g/mol. The molecule has 1 rings (SSSR count). The van der Waals surface area contributed by atoms with Crippen molar-refractivity contribution in [2.45, 2.75) is 58.4 Å². The van der Waals surface area contributed by atoms with E-state index in [4.69, 9.17) is 4.74 Å². The first-order chi connectivity index (χ1) is 6.50. The Labute approximate surface area is 87.1 Å². The van der Waals surface area contributed by atoms with Crippen LogP contribution in [-0.2, 0) is 4.74 Å². The minimum Gasteiger partial charge on any atom is -0.392 e. The zero-order valence-corrected chi connectivity index (χ0v) is 9.73. The summed E-state index contributed by atoms with van der Waals surface area (Å²) in [7, 11) is 0. The first-order valence-electron chi connectivity index (χ1n) is 5.56. The van der Waals surface area contributed by atoms with Gasteiger partial charge in [0.05, 0.1) is 18.8 Å². The van der Waals surface area contributed by atoms with E-state index in [0.29, 0.717) is 12.1 Å². The summed E-state index contributed by atoms with van der Waals surface area (Å²) >= 11 is 0. The molecule has 0 radical (unpaired) electrons. The van der Waals surface area contributed by atoms with Crippen LogP contribution in [0.5, 0.6) is 0 Å². The van der Waals surface area contributed by atoms with Gasteiger partial charge in [-0.1, -0.05) is 0 Å². The molecule has 0 saturated carbocycles. The van der Waals surface area contributed by atoms with Crippen molar-refractivity contribution in [2.75, 3.05) is 13.2 Å². The van der Waals surface area contributed by atoms with E-state index in [2.05, 4.69) is 18.7 Å². The van der Waals surface area contributed by atoms with Gasteiger partial charge in [-0.2, -0.15) is 0 Å². The van der Waals surface area contributed by atoms with E-state index in [1.165, 1.54) is 0 Å². The molecule has 0 aromatic rings. The van der Waals surface area contributed by atoms with E-state index in [0.717, 1.165) is 19.6 Å². The van der Waals surface area contributed by atoms with Crippen LogP contribution in [-0.4, -0.2) is 47.4 Å². The average Bonchev–Trinajstić information content (AvgIpc) is 2.43. The van der Waals surface area contributed by atoms with Gasteiger partial charge in [0.2, 0.25) is 0 Å². The van der Waals surface area contributed by atoms with Crippen LogP contribution in [0.15, 0.2) is 0 Å². The number of aliphatic hydroxyl groups excluding tert-OH is 1. The van der Waals surface area contributed by atoms with Gasteiger partial charge in [-0.25, -0.2) is 0 Å². The molecule has 0 amide bonds. The first-order valence-corrected chi connectivity index (χ1v) is 5.56. The SMILES string of the molecule is CC(C)OC[C@@H]1C[C@@H](O)CN1C(C)C. The lowest BCUT2D eigenvalue weighted by atomic mass is 10.2. The van der Waals surface area contributed by atoms with E-state index >= 15 is 0 Å². The second kappa shape index (κ2) is 5.10. The van der Waals surface area contributed by atoms with E-state index in [-0.39, 0.29) is 12.2 Å². The standard InChI is InChI=1S/C11H23NO2/c1-8(2)12-6-11(13)5-10(12)7-14-9(3)4/h8-11,13H,5-7H2,1-4H3/t10-,11+/m0/s1. The number of β-amino-alcohol motifs (C(OH)–C–C–N with tert-alkyl or cyclic N) is 1. The van der Waals surface area contributed by atoms with Crippen molar-refractivity contribution in [2.24, 2.45) is 0 Å². The number of rotatable bonds is 4. The predicted octanol–water partition coefficient (Wildman–Crippen LogP) is 1.25. The fraction of sp³-hybridized carbons (Fsp3) is 1.00. The predicted molar refractivity (Wildman–Crippen MR) is 57.3 cm³/mol. The number of likely N-dealkylation sites (tertiary alicyclic amines) is 1. The summed E-state index contributed by atoms with van der Waals surface area (Å²) in [5.41, 5.74) is 0. The molecule has 0 aliphatic carbocycles. The van der Waals surface area contributed by atoms with Gasteiger partial charge in [0.1, 0.15) is 0 Å². The van der Waals surface area contributed by atoms with E-state index in [1.54, 1.807) is 0 Å². The van der Waals surface area contributed by atoms with Crippen molar-refractivity contribution < 1.29 is 9.84 Å². The second-order valence-electron chi connectivity index (χ2n) is 4.72. The number of aliphatic hydroxyl groups is 1. The zero-order valence-electron chi connectivity index (χ0n) is 9.73. The molecule has 1 aliphatic rings. The lowest BCUT2D eigenvalue weighted by Gasteiger charge is -2.28. The van der Waals surface area contributed by atoms with Crippen LogP contribution in [0.2, 0.25) is 0 Å². The Morgan fingerprint density at radius 3 is 2.50 bits per heavy atom. The Hall–Kier alpha value is -0.120.